The second-order valence-corrected chi connectivity index (χ2v) is 10.5. The van der Waals surface area contributed by atoms with Crippen molar-refractivity contribution < 1.29 is 4.79 Å². The highest BCUT2D eigenvalue weighted by Gasteiger charge is 2.35. The van der Waals surface area contributed by atoms with Crippen LogP contribution in [0.2, 0.25) is 0 Å². The predicted octanol–water partition coefficient (Wildman–Crippen LogP) is 5.21. The third-order valence-corrected chi connectivity index (χ3v) is 7.95. The Morgan fingerprint density at radius 3 is 2.42 bits per heavy atom. The average molecular weight is 487 g/mol. The molecular weight excluding hydrogens is 452 g/mol. The van der Waals surface area contributed by atoms with Gasteiger partial charge >= 0.3 is 0 Å². The zero-order valence-electron chi connectivity index (χ0n) is 20.1. The summed E-state index contributed by atoms with van der Waals surface area (Å²) >= 11 is 6.83. The van der Waals surface area contributed by atoms with Gasteiger partial charge < -0.3 is 4.90 Å². The first kappa shape index (κ1) is 25.5. The molecule has 1 aromatic rings. The quantitative estimate of drug-likeness (QED) is 0.389. The summed E-state index contributed by atoms with van der Waals surface area (Å²) in [5, 5.41) is 9.82. The van der Waals surface area contributed by atoms with Crippen molar-refractivity contribution in [3.8, 4) is 6.07 Å². The molecule has 6 nitrogen and oxygen atoms in total. The number of thiocarbonyl (C=S) groups is 1. The van der Waals surface area contributed by atoms with Crippen molar-refractivity contribution in [2.45, 2.75) is 85.2 Å². The summed E-state index contributed by atoms with van der Waals surface area (Å²) in [4.78, 5) is 31.1. The van der Waals surface area contributed by atoms with Gasteiger partial charge in [-0.2, -0.15) is 5.26 Å². The van der Waals surface area contributed by atoms with E-state index in [0.717, 1.165) is 56.6 Å². The Morgan fingerprint density at radius 1 is 1.18 bits per heavy atom. The Hall–Kier alpha value is -2.11. The smallest absolute Gasteiger partial charge is 0.270 e. The molecule has 1 aromatic heterocycles. The lowest BCUT2D eigenvalue weighted by Gasteiger charge is -2.29. The van der Waals surface area contributed by atoms with Crippen LogP contribution in [0.4, 0.5) is 5.82 Å². The number of hydrogen-bond donors (Lipinski definition) is 0. The molecule has 178 valence electrons. The number of carbonyl (C=O) groups is 1. The molecule has 1 atom stereocenters. The maximum absolute atomic E-state index is 13.4. The summed E-state index contributed by atoms with van der Waals surface area (Å²) in [7, 11) is 0. The van der Waals surface area contributed by atoms with E-state index in [4.69, 9.17) is 12.2 Å². The first-order valence-electron chi connectivity index (χ1n) is 12.0. The summed E-state index contributed by atoms with van der Waals surface area (Å²) in [5.74, 6) is 0.756. The van der Waals surface area contributed by atoms with Crippen LogP contribution in [-0.2, 0) is 11.3 Å². The summed E-state index contributed by atoms with van der Waals surface area (Å²) in [6.45, 7) is 10.3. The maximum atomic E-state index is 13.4. The molecule has 1 amide bonds. The zero-order valence-corrected chi connectivity index (χ0v) is 21.8. The van der Waals surface area contributed by atoms with Crippen molar-refractivity contribution in [1.82, 2.24) is 9.47 Å². The van der Waals surface area contributed by atoms with Crippen molar-refractivity contribution in [2.75, 3.05) is 18.0 Å². The van der Waals surface area contributed by atoms with E-state index in [2.05, 4.69) is 17.9 Å². The highest BCUT2D eigenvalue weighted by atomic mass is 32.2. The lowest BCUT2D eigenvalue weighted by atomic mass is 10.0. The van der Waals surface area contributed by atoms with Crippen molar-refractivity contribution >= 4 is 46.1 Å². The van der Waals surface area contributed by atoms with Crippen LogP contribution in [0.5, 0.6) is 0 Å². The number of nitriles is 1. The van der Waals surface area contributed by atoms with Crippen LogP contribution in [0.1, 0.15) is 82.4 Å². The fourth-order valence-electron chi connectivity index (χ4n) is 4.46. The number of carbonyl (C=O) groups excluding carboxylic acids is 1. The number of anilines is 1. The highest BCUT2D eigenvalue weighted by Crippen LogP contribution is 2.37. The molecule has 0 bridgehead atoms. The van der Waals surface area contributed by atoms with Gasteiger partial charge in [-0.1, -0.05) is 57.1 Å². The molecule has 3 rings (SSSR count). The largest absolute Gasteiger partial charge is 0.357 e. The summed E-state index contributed by atoms with van der Waals surface area (Å²) in [6.07, 6.45) is 8.97. The number of hydrogen-bond acceptors (Lipinski definition) is 6. The van der Waals surface area contributed by atoms with E-state index >= 15 is 0 Å². The minimum atomic E-state index is -0.230. The van der Waals surface area contributed by atoms with E-state index in [1.807, 2.05) is 26.8 Å². The minimum Gasteiger partial charge on any atom is -0.357 e. The van der Waals surface area contributed by atoms with Crippen LogP contribution in [0.3, 0.4) is 0 Å². The molecule has 2 saturated heterocycles. The summed E-state index contributed by atoms with van der Waals surface area (Å²) in [5.41, 5.74) is 1.37. The molecule has 0 spiro atoms. The van der Waals surface area contributed by atoms with E-state index in [9.17, 15) is 14.9 Å². The topological polar surface area (TPSA) is 69.3 Å². The molecule has 0 aromatic carbocycles. The van der Waals surface area contributed by atoms with Crippen LogP contribution in [0.25, 0.3) is 6.08 Å². The van der Waals surface area contributed by atoms with Gasteiger partial charge in [0, 0.05) is 31.2 Å². The molecule has 2 aliphatic rings. The molecule has 1 unspecified atom stereocenters. The second kappa shape index (κ2) is 11.3. The van der Waals surface area contributed by atoms with Crippen LogP contribution in [0, 0.1) is 18.3 Å². The molecule has 3 heterocycles. The fraction of sp³-hybridized carbons (Fsp3) is 0.600. The Labute approximate surface area is 206 Å². The summed E-state index contributed by atoms with van der Waals surface area (Å²) < 4.78 is 2.34. The van der Waals surface area contributed by atoms with Crippen molar-refractivity contribution in [3.63, 3.8) is 0 Å². The lowest BCUT2D eigenvalue weighted by molar-refractivity contribution is -0.123. The third-order valence-electron chi connectivity index (χ3n) is 6.62. The van der Waals surface area contributed by atoms with E-state index < -0.39 is 0 Å². The summed E-state index contributed by atoms with van der Waals surface area (Å²) in [6, 6.07) is 2.17. The SMILES string of the molecule is CCCCn1c(N2CCCCCC2)c(C=C2SC(=S)N(C(C)CC)C2=O)c(C)c(C#N)c1=O. The van der Waals surface area contributed by atoms with Crippen molar-refractivity contribution in [3.05, 3.63) is 31.9 Å². The molecule has 0 radical (unpaired) electrons. The molecule has 2 fully saturated rings. The van der Waals surface area contributed by atoms with Gasteiger partial charge in [-0.15, -0.1) is 0 Å². The number of thioether (sulfide) groups is 1. The van der Waals surface area contributed by atoms with Crippen molar-refractivity contribution in [1.29, 1.82) is 5.26 Å². The first-order chi connectivity index (χ1) is 15.8. The fourth-order valence-corrected chi connectivity index (χ4v) is 5.91. The van der Waals surface area contributed by atoms with Gasteiger partial charge in [0.15, 0.2) is 0 Å². The molecule has 0 aliphatic carbocycles. The molecule has 8 heteroatoms. The van der Waals surface area contributed by atoms with Gasteiger partial charge in [-0.25, -0.2) is 0 Å². The van der Waals surface area contributed by atoms with Crippen LogP contribution in [-0.4, -0.2) is 38.8 Å². The zero-order chi connectivity index (χ0) is 24.1. The van der Waals surface area contributed by atoms with Gasteiger partial charge in [-0.3, -0.25) is 19.1 Å². The minimum absolute atomic E-state index is 0.0303. The van der Waals surface area contributed by atoms with Gasteiger partial charge in [0.2, 0.25) is 0 Å². The second-order valence-electron chi connectivity index (χ2n) is 8.87. The number of aromatic nitrogens is 1. The van der Waals surface area contributed by atoms with E-state index in [0.29, 0.717) is 21.3 Å². The number of amides is 1. The molecule has 2 aliphatic heterocycles. The Morgan fingerprint density at radius 2 is 1.85 bits per heavy atom. The predicted molar refractivity (Wildman–Crippen MR) is 141 cm³/mol. The van der Waals surface area contributed by atoms with Crippen LogP contribution in [0.15, 0.2) is 9.70 Å². The monoisotopic (exact) mass is 486 g/mol. The average Bonchev–Trinajstić information content (AvgIpc) is 2.97. The van der Waals surface area contributed by atoms with E-state index in [1.54, 1.807) is 9.47 Å². The maximum Gasteiger partial charge on any atom is 0.270 e. The van der Waals surface area contributed by atoms with E-state index in [-0.39, 0.29) is 23.1 Å². The number of pyridine rings is 1. The van der Waals surface area contributed by atoms with Crippen LogP contribution >= 0.6 is 24.0 Å². The van der Waals surface area contributed by atoms with Crippen LogP contribution < -0.4 is 10.5 Å². The van der Waals surface area contributed by atoms with Gasteiger partial charge in [0.05, 0.1) is 4.91 Å². The standard InChI is InChI=1S/C25H34N4O2S2/c1-5-7-14-28-22(27-12-10-8-9-11-13-27)19(18(4)20(16-26)23(28)30)15-21-24(31)29(17(3)6-2)25(32)33-21/h15,17H,5-14H2,1-4H3. The normalized spacial score (nSPS) is 19.2. The van der Waals surface area contributed by atoms with Gasteiger partial charge in [0.1, 0.15) is 21.8 Å². The molecule has 0 saturated carbocycles. The van der Waals surface area contributed by atoms with Gasteiger partial charge in [-0.05, 0) is 51.2 Å². The number of rotatable bonds is 7. The van der Waals surface area contributed by atoms with Gasteiger partial charge in [0.25, 0.3) is 11.5 Å². The Bertz CT molecular complexity index is 1050. The lowest BCUT2D eigenvalue weighted by Crippen LogP contribution is -2.36. The van der Waals surface area contributed by atoms with E-state index in [1.165, 1.54) is 24.6 Å². The molecule has 0 N–H and O–H groups in total. The molecule has 33 heavy (non-hydrogen) atoms. The third kappa shape index (κ3) is 5.20. The Balaban J connectivity index is 2.24. The number of nitrogens with zero attached hydrogens (tertiary/aromatic N) is 4. The number of unbranched alkanes of at least 4 members (excludes halogenated alkanes) is 1. The van der Waals surface area contributed by atoms with Crippen molar-refractivity contribution in [2.24, 2.45) is 0 Å². The highest BCUT2D eigenvalue weighted by molar-refractivity contribution is 8.26. The Kier molecular flexibility index (Phi) is 8.77. The first-order valence-corrected chi connectivity index (χ1v) is 13.3. The molecular formula is C25H34N4O2S2.